The van der Waals surface area contributed by atoms with E-state index in [2.05, 4.69) is 12.5 Å². The van der Waals surface area contributed by atoms with Crippen LogP contribution < -0.4 is 0 Å². The first-order valence-corrected chi connectivity index (χ1v) is 9.33. The van der Waals surface area contributed by atoms with E-state index in [4.69, 9.17) is 6.42 Å². The van der Waals surface area contributed by atoms with Gasteiger partial charge in [0.1, 0.15) is 0 Å². The van der Waals surface area contributed by atoms with Crippen LogP contribution in [0, 0.1) is 19.3 Å². The molecule has 0 fully saturated rings. The van der Waals surface area contributed by atoms with Gasteiger partial charge in [-0.05, 0) is 24.6 Å². The summed E-state index contributed by atoms with van der Waals surface area (Å²) in [6.07, 6.45) is 8.92. The Morgan fingerprint density at radius 1 is 1.12 bits per heavy atom. The molecule has 0 saturated carbocycles. The van der Waals surface area contributed by atoms with Gasteiger partial charge in [-0.2, -0.15) is 4.31 Å². The van der Waals surface area contributed by atoms with Gasteiger partial charge in [0.25, 0.3) is 0 Å². The van der Waals surface area contributed by atoms with Crippen LogP contribution in [0.5, 0.6) is 0 Å². The zero-order valence-electron chi connectivity index (χ0n) is 14.2. The summed E-state index contributed by atoms with van der Waals surface area (Å²) in [6, 6.07) is 16.3. The van der Waals surface area contributed by atoms with E-state index >= 15 is 0 Å². The molecular weight excluding hydrogens is 330 g/mol. The van der Waals surface area contributed by atoms with Crippen molar-refractivity contribution in [3.63, 3.8) is 0 Å². The zero-order valence-corrected chi connectivity index (χ0v) is 15.0. The Morgan fingerprint density at radius 3 is 2.32 bits per heavy atom. The molecule has 128 valence electrons. The zero-order chi connectivity index (χ0) is 18.3. The van der Waals surface area contributed by atoms with Crippen molar-refractivity contribution in [3.05, 3.63) is 84.5 Å². The standard InChI is InChI=1S/C21H21NO2S/c1-4-16-22(25(23,24)21-13-11-18(3)12-14-21)17-15-19(5-2)20-9-7-6-8-10-20/h2,4,6-15H,1,16-17H2,3H3/b19-15+. The average molecular weight is 351 g/mol. The van der Waals surface area contributed by atoms with Crippen LogP contribution in [0.25, 0.3) is 5.57 Å². The topological polar surface area (TPSA) is 37.4 Å². The molecule has 2 rings (SSSR count). The van der Waals surface area contributed by atoms with Crippen molar-refractivity contribution in [1.82, 2.24) is 4.31 Å². The van der Waals surface area contributed by atoms with Crippen molar-refractivity contribution in [2.45, 2.75) is 11.8 Å². The number of sulfonamides is 1. The maximum atomic E-state index is 12.9. The van der Waals surface area contributed by atoms with Crippen LogP contribution in [-0.4, -0.2) is 25.8 Å². The Bertz CT molecular complexity index is 889. The number of benzene rings is 2. The van der Waals surface area contributed by atoms with E-state index in [1.54, 1.807) is 36.4 Å². The van der Waals surface area contributed by atoms with Crippen LogP contribution in [0.15, 0.2) is 78.2 Å². The normalized spacial score (nSPS) is 12.0. The molecule has 0 saturated heterocycles. The average Bonchev–Trinajstić information content (AvgIpc) is 2.62. The van der Waals surface area contributed by atoms with E-state index in [1.807, 2.05) is 37.3 Å². The fraction of sp³-hybridized carbons (Fsp3) is 0.143. The first-order chi connectivity index (χ1) is 12.0. The van der Waals surface area contributed by atoms with Crippen LogP contribution in [0.4, 0.5) is 0 Å². The molecule has 0 unspecified atom stereocenters. The van der Waals surface area contributed by atoms with Crippen LogP contribution in [0.1, 0.15) is 11.1 Å². The van der Waals surface area contributed by atoms with Crippen molar-refractivity contribution in [3.8, 4) is 12.3 Å². The Labute approximate surface area is 150 Å². The monoisotopic (exact) mass is 351 g/mol. The summed E-state index contributed by atoms with van der Waals surface area (Å²) < 4.78 is 27.1. The highest BCUT2D eigenvalue weighted by atomic mass is 32.2. The van der Waals surface area contributed by atoms with Gasteiger partial charge in [-0.3, -0.25) is 0 Å². The van der Waals surface area contributed by atoms with E-state index in [1.165, 1.54) is 4.31 Å². The molecule has 3 nitrogen and oxygen atoms in total. The minimum Gasteiger partial charge on any atom is -0.207 e. The van der Waals surface area contributed by atoms with E-state index in [-0.39, 0.29) is 18.0 Å². The third kappa shape index (κ3) is 4.69. The summed E-state index contributed by atoms with van der Waals surface area (Å²) in [4.78, 5) is 0.260. The van der Waals surface area contributed by atoms with Gasteiger partial charge in [0.15, 0.2) is 0 Å². The van der Waals surface area contributed by atoms with E-state index in [0.29, 0.717) is 5.57 Å². The van der Waals surface area contributed by atoms with Crippen LogP contribution in [0.2, 0.25) is 0 Å². The lowest BCUT2D eigenvalue weighted by atomic mass is 10.1. The lowest BCUT2D eigenvalue weighted by Crippen LogP contribution is -2.31. The number of rotatable bonds is 7. The highest BCUT2D eigenvalue weighted by Gasteiger charge is 2.22. The third-order valence-corrected chi connectivity index (χ3v) is 5.58. The molecule has 0 aliphatic carbocycles. The predicted molar refractivity (Wildman–Crippen MR) is 103 cm³/mol. The summed E-state index contributed by atoms with van der Waals surface area (Å²) in [5, 5.41) is 0. The Hall–Kier alpha value is -2.61. The van der Waals surface area contributed by atoms with Gasteiger partial charge in [-0.25, -0.2) is 8.42 Å². The van der Waals surface area contributed by atoms with Gasteiger partial charge in [0.05, 0.1) is 4.90 Å². The lowest BCUT2D eigenvalue weighted by molar-refractivity contribution is 0.474. The first-order valence-electron chi connectivity index (χ1n) is 7.89. The molecule has 0 aromatic heterocycles. The molecule has 4 heteroatoms. The quantitative estimate of drug-likeness (QED) is 0.561. The summed E-state index contributed by atoms with van der Waals surface area (Å²) in [6.45, 7) is 5.96. The largest absolute Gasteiger partial charge is 0.243 e. The molecular formula is C21H21NO2S. The number of hydrogen-bond acceptors (Lipinski definition) is 2. The molecule has 0 spiro atoms. The van der Waals surface area contributed by atoms with Crippen LogP contribution in [-0.2, 0) is 10.0 Å². The molecule has 0 atom stereocenters. The molecule has 2 aromatic carbocycles. The molecule has 0 N–H and O–H groups in total. The highest BCUT2D eigenvalue weighted by molar-refractivity contribution is 7.89. The van der Waals surface area contributed by atoms with Gasteiger partial charge in [-0.15, -0.1) is 13.0 Å². The Balaban J connectivity index is 2.31. The number of allylic oxidation sites excluding steroid dienone is 1. The Kier molecular flexibility index (Phi) is 6.35. The van der Waals surface area contributed by atoms with Crippen LogP contribution >= 0.6 is 0 Å². The van der Waals surface area contributed by atoms with Crippen molar-refractivity contribution in [1.29, 1.82) is 0 Å². The van der Waals surface area contributed by atoms with E-state index in [9.17, 15) is 8.42 Å². The number of nitrogens with zero attached hydrogens (tertiary/aromatic N) is 1. The molecule has 0 heterocycles. The van der Waals surface area contributed by atoms with Crippen molar-refractivity contribution in [2.24, 2.45) is 0 Å². The maximum Gasteiger partial charge on any atom is 0.243 e. The maximum absolute atomic E-state index is 12.9. The number of terminal acetylenes is 1. The number of aryl methyl sites for hydroxylation is 1. The molecule has 0 aliphatic rings. The SMILES string of the molecule is C#C/C(=C\CN(CC=C)S(=O)(=O)c1ccc(C)cc1)c1ccccc1. The Morgan fingerprint density at radius 2 is 1.76 bits per heavy atom. The first kappa shape index (κ1) is 18.7. The summed E-state index contributed by atoms with van der Waals surface area (Å²) in [5.41, 5.74) is 2.55. The highest BCUT2D eigenvalue weighted by Crippen LogP contribution is 2.18. The smallest absolute Gasteiger partial charge is 0.207 e. The summed E-state index contributed by atoms with van der Waals surface area (Å²) in [5.74, 6) is 2.63. The second kappa shape index (κ2) is 8.48. The molecule has 25 heavy (non-hydrogen) atoms. The van der Waals surface area contributed by atoms with Gasteiger partial charge in [-0.1, -0.05) is 66.1 Å². The molecule has 0 aliphatic heterocycles. The van der Waals surface area contributed by atoms with Crippen LogP contribution in [0.3, 0.4) is 0 Å². The lowest BCUT2D eigenvalue weighted by Gasteiger charge is -2.19. The molecule has 0 bridgehead atoms. The predicted octanol–water partition coefficient (Wildman–Crippen LogP) is 3.89. The second-order valence-corrected chi connectivity index (χ2v) is 7.49. The molecule has 0 amide bonds. The van der Waals surface area contributed by atoms with E-state index in [0.717, 1.165) is 11.1 Å². The van der Waals surface area contributed by atoms with Gasteiger partial charge in [0, 0.05) is 18.7 Å². The fourth-order valence-electron chi connectivity index (χ4n) is 2.35. The minimum absolute atomic E-state index is 0.177. The second-order valence-electron chi connectivity index (χ2n) is 5.55. The van der Waals surface area contributed by atoms with Gasteiger partial charge >= 0.3 is 0 Å². The van der Waals surface area contributed by atoms with Crippen molar-refractivity contribution in [2.75, 3.05) is 13.1 Å². The molecule has 2 aromatic rings. The van der Waals surface area contributed by atoms with Crippen molar-refractivity contribution >= 4 is 15.6 Å². The van der Waals surface area contributed by atoms with Gasteiger partial charge in [0.2, 0.25) is 10.0 Å². The minimum atomic E-state index is -3.62. The summed E-state index contributed by atoms with van der Waals surface area (Å²) >= 11 is 0. The fourth-order valence-corrected chi connectivity index (χ4v) is 3.70. The van der Waals surface area contributed by atoms with Gasteiger partial charge < -0.3 is 0 Å². The summed E-state index contributed by atoms with van der Waals surface area (Å²) in [7, 11) is -3.62. The van der Waals surface area contributed by atoms with E-state index < -0.39 is 10.0 Å². The third-order valence-electron chi connectivity index (χ3n) is 3.73. The molecule has 0 radical (unpaired) electrons. The number of hydrogen-bond donors (Lipinski definition) is 0. The van der Waals surface area contributed by atoms with Crippen molar-refractivity contribution < 1.29 is 8.42 Å².